The molecule has 0 saturated carbocycles. The van der Waals surface area contributed by atoms with E-state index in [0.717, 1.165) is 4.88 Å². The maximum atomic E-state index is 12.0. The van der Waals surface area contributed by atoms with Gasteiger partial charge in [0.25, 0.3) is 0 Å². The van der Waals surface area contributed by atoms with Crippen LogP contribution in [0.5, 0.6) is 0 Å². The lowest BCUT2D eigenvalue weighted by Crippen LogP contribution is -2.34. The first-order chi connectivity index (χ1) is 8.42. The predicted molar refractivity (Wildman–Crippen MR) is 80.5 cm³/mol. The zero-order valence-electron chi connectivity index (χ0n) is 12.5. The molecular formula is C13H21ClN2O2S. The lowest BCUT2D eigenvalue weighted by Gasteiger charge is -2.23. The highest BCUT2D eigenvalue weighted by molar-refractivity contribution is 7.16. The van der Waals surface area contributed by atoms with E-state index in [9.17, 15) is 4.79 Å². The Kier molecular flexibility index (Phi) is 4.52. The van der Waals surface area contributed by atoms with Crippen LogP contribution in [0.1, 0.15) is 46.4 Å². The van der Waals surface area contributed by atoms with Crippen LogP contribution in [0.15, 0.2) is 0 Å². The second-order valence-electron chi connectivity index (χ2n) is 6.41. The van der Waals surface area contributed by atoms with E-state index in [-0.39, 0.29) is 5.41 Å². The molecule has 0 spiro atoms. The lowest BCUT2D eigenvalue weighted by molar-refractivity contribution is 0.0589. The number of anilines is 1. The van der Waals surface area contributed by atoms with Gasteiger partial charge in [0.15, 0.2) is 5.13 Å². The molecule has 0 aromatic carbocycles. The number of rotatable bonds is 1. The van der Waals surface area contributed by atoms with Crippen molar-refractivity contribution in [3.63, 3.8) is 0 Å². The van der Waals surface area contributed by atoms with Crippen molar-refractivity contribution in [2.45, 2.75) is 52.6 Å². The van der Waals surface area contributed by atoms with E-state index in [1.54, 1.807) is 7.05 Å². The SMILES string of the molecule is CN(C(=O)OC(C)(C)C)c1nc(Cl)c(C(C)(C)C)s1. The van der Waals surface area contributed by atoms with E-state index >= 15 is 0 Å². The number of aromatic nitrogens is 1. The van der Waals surface area contributed by atoms with E-state index in [2.05, 4.69) is 25.8 Å². The van der Waals surface area contributed by atoms with Gasteiger partial charge >= 0.3 is 6.09 Å². The van der Waals surface area contributed by atoms with E-state index in [4.69, 9.17) is 16.3 Å². The molecule has 4 nitrogen and oxygen atoms in total. The molecular weight excluding hydrogens is 284 g/mol. The van der Waals surface area contributed by atoms with Gasteiger partial charge in [-0.2, -0.15) is 0 Å². The van der Waals surface area contributed by atoms with Crippen LogP contribution in [0.3, 0.4) is 0 Å². The number of halogens is 1. The Bertz CT molecular complexity index is 472. The lowest BCUT2D eigenvalue weighted by atomic mass is 9.95. The summed E-state index contributed by atoms with van der Waals surface area (Å²) < 4.78 is 5.30. The Morgan fingerprint density at radius 1 is 1.26 bits per heavy atom. The normalized spacial score (nSPS) is 12.4. The minimum absolute atomic E-state index is 0.0955. The summed E-state index contributed by atoms with van der Waals surface area (Å²) >= 11 is 7.54. The van der Waals surface area contributed by atoms with E-state index < -0.39 is 11.7 Å². The van der Waals surface area contributed by atoms with E-state index in [1.165, 1.54) is 16.2 Å². The van der Waals surface area contributed by atoms with Crippen molar-refractivity contribution in [3.8, 4) is 0 Å². The molecule has 0 N–H and O–H groups in total. The van der Waals surface area contributed by atoms with Gasteiger partial charge in [0.1, 0.15) is 10.8 Å². The standard InChI is InChI=1S/C13H21ClN2O2S/c1-12(2,3)8-9(14)15-10(19-8)16(7)11(17)18-13(4,5)6/h1-7H3. The van der Waals surface area contributed by atoms with Gasteiger partial charge < -0.3 is 4.74 Å². The molecule has 1 amide bonds. The molecule has 1 heterocycles. The molecule has 0 aliphatic rings. The molecule has 0 fully saturated rings. The summed E-state index contributed by atoms with van der Waals surface area (Å²) in [6.07, 6.45) is -0.432. The molecule has 0 saturated heterocycles. The Morgan fingerprint density at radius 2 is 1.79 bits per heavy atom. The fourth-order valence-electron chi connectivity index (χ4n) is 1.31. The summed E-state index contributed by atoms with van der Waals surface area (Å²) in [5.74, 6) is 0. The molecule has 0 aliphatic heterocycles. The highest BCUT2D eigenvalue weighted by Gasteiger charge is 2.27. The third-order valence-corrected chi connectivity index (χ3v) is 4.15. The van der Waals surface area contributed by atoms with Gasteiger partial charge in [-0.05, 0) is 26.2 Å². The molecule has 0 atom stereocenters. The number of thiazole rings is 1. The van der Waals surface area contributed by atoms with E-state index in [0.29, 0.717) is 10.3 Å². The average Bonchev–Trinajstić information content (AvgIpc) is 2.55. The third kappa shape index (κ3) is 4.35. The summed E-state index contributed by atoms with van der Waals surface area (Å²) in [5.41, 5.74) is -0.624. The van der Waals surface area contributed by atoms with Gasteiger partial charge in [-0.1, -0.05) is 43.7 Å². The van der Waals surface area contributed by atoms with Crippen molar-refractivity contribution in [1.29, 1.82) is 0 Å². The van der Waals surface area contributed by atoms with Crippen molar-refractivity contribution in [3.05, 3.63) is 10.0 Å². The predicted octanol–water partition coefficient (Wildman–Crippen LogP) is 4.47. The van der Waals surface area contributed by atoms with Crippen LogP contribution < -0.4 is 4.90 Å². The maximum Gasteiger partial charge on any atom is 0.416 e. The highest BCUT2D eigenvalue weighted by atomic mass is 35.5. The number of ether oxygens (including phenoxy) is 1. The molecule has 0 bridgehead atoms. The molecule has 0 unspecified atom stereocenters. The zero-order valence-corrected chi connectivity index (χ0v) is 14.1. The van der Waals surface area contributed by atoms with Crippen LogP contribution in [0.4, 0.5) is 9.93 Å². The number of hydrogen-bond donors (Lipinski definition) is 0. The first kappa shape index (κ1) is 16.2. The van der Waals surface area contributed by atoms with E-state index in [1.807, 2.05) is 20.8 Å². The third-order valence-electron chi connectivity index (χ3n) is 2.21. The fraction of sp³-hybridized carbons (Fsp3) is 0.692. The second-order valence-corrected chi connectivity index (χ2v) is 7.74. The second kappa shape index (κ2) is 5.29. The zero-order chi connectivity index (χ0) is 15.0. The summed E-state index contributed by atoms with van der Waals surface area (Å²) in [6, 6.07) is 0. The van der Waals surface area contributed by atoms with Gasteiger partial charge in [0.2, 0.25) is 0 Å². The van der Waals surface area contributed by atoms with Gasteiger partial charge in [-0.15, -0.1) is 0 Å². The van der Waals surface area contributed by atoms with Gasteiger partial charge in [-0.25, -0.2) is 9.78 Å². The van der Waals surface area contributed by atoms with Gasteiger partial charge in [0.05, 0.1) is 4.88 Å². The Labute approximate surface area is 123 Å². The van der Waals surface area contributed by atoms with Crippen LogP contribution in [0.2, 0.25) is 5.15 Å². The largest absolute Gasteiger partial charge is 0.443 e. The Hall–Kier alpha value is -0.810. The molecule has 6 heteroatoms. The Balaban J connectivity index is 2.96. The minimum Gasteiger partial charge on any atom is -0.443 e. The molecule has 1 rings (SSSR count). The van der Waals surface area contributed by atoms with Crippen molar-refractivity contribution in [1.82, 2.24) is 4.98 Å². The number of hydrogen-bond acceptors (Lipinski definition) is 4. The number of nitrogens with zero attached hydrogens (tertiary/aromatic N) is 2. The van der Waals surface area contributed by atoms with Crippen LogP contribution in [-0.4, -0.2) is 23.7 Å². The molecule has 1 aromatic rings. The van der Waals surface area contributed by atoms with Crippen LogP contribution in [0, 0.1) is 0 Å². The summed E-state index contributed by atoms with van der Waals surface area (Å²) in [4.78, 5) is 18.5. The average molecular weight is 305 g/mol. The van der Waals surface area contributed by atoms with Crippen molar-refractivity contribution >= 4 is 34.2 Å². The van der Waals surface area contributed by atoms with Gasteiger partial charge in [0, 0.05) is 7.05 Å². The molecule has 0 radical (unpaired) electrons. The van der Waals surface area contributed by atoms with Crippen LogP contribution in [-0.2, 0) is 10.2 Å². The monoisotopic (exact) mass is 304 g/mol. The van der Waals surface area contributed by atoms with Crippen LogP contribution >= 0.6 is 22.9 Å². The first-order valence-corrected chi connectivity index (χ1v) is 7.25. The fourth-order valence-corrected chi connectivity index (χ4v) is 2.80. The topological polar surface area (TPSA) is 42.4 Å². The quantitative estimate of drug-likeness (QED) is 0.769. The number of carbonyl (C=O) groups excluding carboxylic acids is 1. The first-order valence-electron chi connectivity index (χ1n) is 6.05. The summed E-state index contributed by atoms with van der Waals surface area (Å²) in [5, 5.41) is 0.993. The van der Waals surface area contributed by atoms with Crippen molar-refractivity contribution in [2.24, 2.45) is 0 Å². The summed E-state index contributed by atoms with van der Waals surface area (Å²) in [7, 11) is 1.63. The Morgan fingerprint density at radius 3 is 2.16 bits per heavy atom. The molecule has 0 aliphatic carbocycles. The van der Waals surface area contributed by atoms with Crippen molar-refractivity contribution in [2.75, 3.05) is 11.9 Å². The van der Waals surface area contributed by atoms with Crippen LogP contribution in [0.25, 0.3) is 0 Å². The maximum absolute atomic E-state index is 12.0. The smallest absolute Gasteiger partial charge is 0.416 e. The highest BCUT2D eigenvalue weighted by Crippen LogP contribution is 2.38. The van der Waals surface area contributed by atoms with Gasteiger partial charge in [-0.3, -0.25) is 4.90 Å². The van der Waals surface area contributed by atoms with Crippen molar-refractivity contribution < 1.29 is 9.53 Å². The minimum atomic E-state index is -0.529. The summed E-state index contributed by atoms with van der Waals surface area (Å²) in [6.45, 7) is 11.7. The molecule has 1 aromatic heterocycles. The number of amides is 1. The number of carbonyl (C=O) groups is 1. The molecule has 19 heavy (non-hydrogen) atoms. The molecule has 108 valence electrons.